The third kappa shape index (κ3) is 2.88. The summed E-state index contributed by atoms with van der Waals surface area (Å²) in [5.41, 5.74) is 0.469. The van der Waals surface area contributed by atoms with E-state index in [2.05, 4.69) is 0 Å². The zero-order valence-corrected chi connectivity index (χ0v) is 11.8. The second-order valence-electron chi connectivity index (χ2n) is 3.96. The van der Waals surface area contributed by atoms with Crippen molar-refractivity contribution in [2.24, 2.45) is 0 Å². The van der Waals surface area contributed by atoms with Gasteiger partial charge in [0.2, 0.25) is 0 Å². The van der Waals surface area contributed by atoms with E-state index in [1.807, 2.05) is 6.92 Å². The Morgan fingerprint density at radius 2 is 2.06 bits per heavy atom. The molecule has 0 fully saturated rings. The Morgan fingerprint density at radius 1 is 1.39 bits per heavy atom. The molecule has 0 radical (unpaired) electrons. The zero-order valence-electron chi connectivity index (χ0n) is 11.1. The molecule has 1 unspecified atom stereocenters. The van der Waals surface area contributed by atoms with Crippen molar-refractivity contribution in [2.75, 3.05) is 27.1 Å². The number of para-hydroxylation sites is 1. The highest BCUT2D eigenvalue weighted by Gasteiger charge is 2.22. The Kier molecular flexibility index (Phi) is 5.28. The van der Waals surface area contributed by atoms with Crippen LogP contribution in [-0.2, 0) is 0 Å². The first-order valence-corrected chi connectivity index (χ1v) is 6.14. The number of halogens is 1. The molecular formula is C13H18ClNO3. The normalized spacial score (nSPS) is 11.8. The third-order valence-corrected chi connectivity index (χ3v) is 3.28. The van der Waals surface area contributed by atoms with Crippen molar-refractivity contribution in [1.29, 1.82) is 0 Å². The highest BCUT2D eigenvalue weighted by atomic mass is 35.5. The van der Waals surface area contributed by atoms with Crippen molar-refractivity contribution in [3.8, 4) is 11.5 Å². The number of carbonyl (C=O) groups excluding carboxylic acids is 1. The lowest BCUT2D eigenvalue weighted by Crippen LogP contribution is -2.36. The first-order valence-electron chi connectivity index (χ1n) is 5.60. The number of methoxy groups -OCH3 is 2. The number of benzene rings is 1. The van der Waals surface area contributed by atoms with Gasteiger partial charge < -0.3 is 14.4 Å². The van der Waals surface area contributed by atoms with Crippen molar-refractivity contribution in [3.63, 3.8) is 0 Å². The predicted octanol–water partition coefficient (Wildman–Crippen LogP) is 2.40. The van der Waals surface area contributed by atoms with E-state index in [0.717, 1.165) is 0 Å². The maximum Gasteiger partial charge on any atom is 0.257 e. The molecule has 1 aromatic carbocycles. The molecule has 4 nitrogen and oxygen atoms in total. The Labute approximate surface area is 112 Å². The summed E-state index contributed by atoms with van der Waals surface area (Å²) in [6.07, 6.45) is 0. The van der Waals surface area contributed by atoms with Crippen molar-refractivity contribution in [1.82, 2.24) is 4.90 Å². The van der Waals surface area contributed by atoms with Crippen molar-refractivity contribution >= 4 is 17.5 Å². The van der Waals surface area contributed by atoms with Gasteiger partial charge in [-0.05, 0) is 19.1 Å². The fourth-order valence-corrected chi connectivity index (χ4v) is 1.76. The van der Waals surface area contributed by atoms with Crippen LogP contribution in [0.1, 0.15) is 17.3 Å². The van der Waals surface area contributed by atoms with E-state index in [1.165, 1.54) is 14.2 Å². The lowest BCUT2D eigenvalue weighted by atomic mass is 10.1. The van der Waals surface area contributed by atoms with Gasteiger partial charge in [0.05, 0.1) is 19.8 Å². The summed E-state index contributed by atoms with van der Waals surface area (Å²) < 4.78 is 10.4. The van der Waals surface area contributed by atoms with E-state index in [9.17, 15) is 4.79 Å². The number of hydrogen-bond acceptors (Lipinski definition) is 3. The molecule has 0 aliphatic carbocycles. The number of alkyl halides is 1. The van der Waals surface area contributed by atoms with Gasteiger partial charge in [-0.3, -0.25) is 4.79 Å². The van der Waals surface area contributed by atoms with Crippen LogP contribution in [0.15, 0.2) is 18.2 Å². The summed E-state index contributed by atoms with van der Waals surface area (Å²) in [7, 11) is 4.77. The molecule has 0 aliphatic heterocycles. The van der Waals surface area contributed by atoms with Crippen LogP contribution in [-0.4, -0.2) is 44.0 Å². The van der Waals surface area contributed by atoms with Crippen molar-refractivity contribution in [3.05, 3.63) is 23.8 Å². The Bertz CT molecular complexity index is 423. The lowest BCUT2D eigenvalue weighted by Gasteiger charge is -2.24. The van der Waals surface area contributed by atoms with E-state index < -0.39 is 0 Å². The minimum absolute atomic E-state index is 0.0462. The molecule has 18 heavy (non-hydrogen) atoms. The molecule has 0 aromatic heterocycles. The largest absolute Gasteiger partial charge is 0.493 e. The standard InChI is InChI=1S/C13H18ClNO3/c1-9(8-14)15(2)13(16)10-6-5-7-11(17-3)12(10)18-4/h5-7,9H,8H2,1-4H3. The van der Waals surface area contributed by atoms with Gasteiger partial charge in [-0.2, -0.15) is 0 Å². The maximum absolute atomic E-state index is 12.3. The second kappa shape index (κ2) is 6.50. The number of rotatable bonds is 5. The highest BCUT2D eigenvalue weighted by Crippen LogP contribution is 2.31. The average molecular weight is 272 g/mol. The SMILES string of the molecule is COc1cccc(C(=O)N(C)C(C)CCl)c1OC. The number of ether oxygens (including phenoxy) is 2. The zero-order chi connectivity index (χ0) is 13.7. The first-order chi connectivity index (χ1) is 8.56. The van der Waals surface area contributed by atoms with Gasteiger partial charge in [-0.1, -0.05) is 6.07 Å². The van der Waals surface area contributed by atoms with Crippen LogP contribution in [0.25, 0.3) is 0 Å². The van der Waals surface area contributed by atoms with Gasteiger partial charge in [-0.15, -0.1) is 11.6 Å². The van der Waals surface area contributed by atoms with Gasteiger partial charge in [0.15, 0.2) is 11.5 Å². The summed E-state index contributed by atoms with van der Waals surface area (Å²) in [5.74, 6) is 1.22. The lowest BCUT2D eigenvalue weighted by molar-refractivity contribution is 0.0752. The van der Waals surface area contributed by atoms with Crippen molar-refractivity contribution < 1.29 is 14.3 Å². The van der Waals surface area contributed by atoms with Crippen LogP contribution in [0.5, 0.6) is 11.5 Å². The molecule has 0 N–H and O–H groups in total. The van der Waals surface area contributed by atoms with E-state index in [-0.39, 0.29) is 11.9 Å². The number of amides is 1. The summed E-state index contributed by atoms with van der Waals surface area (Å²) >= 11 is 5.76. The molecule has 1 aromatic rings. The molecule has 1 atom stereocenters. The van der Waals surface area contributed by atoms with Crippen LogP contribution >= 0.6 is 11.6 Å². The fraction of sp³-hybridized carbons (Fsp3) is 0.462. The second-order valence-corrected chi connectivity index (χ2v) is 4.27. The average Bonchev–Trinajstić information content (AvgIpc) is 2.43. The third-order valence-electron chi connectivity index (χ3n) is 2.84. The van der Waals surface area contributed by atoms with Gasteiger partial charge in [0, 0.05) is 19.0 Å². The van der Waals surface area contributed by atoms with E-state index in [4.69, 9.17) is 21.1 Å². The van der Waals surface area contributed by atoms with Crippen LogP contribution in [0, 0.1) is 0 Å². The quantitative estimate of drug-likeness (QED) is 0.772. The minimum Gasteiger partial charge on any atom is -0.493 e. The van der Waals surface area contributed by atoms with Crippen LogP contribution in [0.3, 0.4) is 0 Å². The van der Waals surface area contributed by atoms with Gasteiger partial charge >= 0.3 is 0 Å². The summed E-state index contributed by atoms with van der Waals surface area (Å²) in [5, 5.41) is 0. The molecule has 0 spiro atoms. The molecular weight excluding hydrogens is 254 g/mol. The smallest absolute Gasteiger partial charge is 0.257 e. The Hall–Kier alpha value is -1.42. The molecule has 0 heterocycles. The summed E-state index contributed by atoms with van der Waals surface area (Å²) in [6.45, 7) is 1.89. The molecule has 0 bridgehead atoms. The molecule has 1 amide bonds. The van der Waals surface area contributed by atoms with Crippen LogP contribution < -0.4 is 9.47 Å². The molecule has 0 aliphatic rings. The van der Waals surface area contributed by atoms with Crippen molar-refractivity contribution in [2.45, 2.75) is 13.0 Å². The molecule has 1 rings (SSSR count). The predicted molar refractivity (Wildman–Crippen MR) is 71.8 cm³/mol. The Balaban J connectivity index is 3.13. The summed E-state index contributed by atoms with van der Waals surface area (Å²) in [6, 6.07) is 5.17. The minimum atomic E-state index is -0.140. The van der Waals surface area contributed by atoms with E-state index >= 15 is 0 Å². The number of hydrogen-bond donors (Lipinski definition) is 0. The van der Waals surface area contributed by atoms with Gasteiger partial charge in [-0.25, -0.2) is 0 Å². The molecule has 100 valence electrons. The number of nitrogens with zero attached hydrogens (tertiary/aromatic N) is 1. The van der Waals surface area contributed by atoms with Gasteiger partial charge in [0.25, 0.3) is 5.91 Å². The molecule has 0 saturated carbocycles. The fourth-order valence-electron chi connectivity index (χ4n) is 1.55. The topological polar surface area (TPSA) is 38.8 Å². The monoisotopic (exact) mass is 271 g/mol. The maximum atomic E-state index is 12.3. The van der Waals surface area contributed by atoms with Gasteiger partial charge in [0.1, 0.15) is 0 Å². The first kappa shape index (κ1) is 14.6. The summed E-state index contributed by atoms with van der Waals surface area (Å²) in [4.78, 5) is 13.9. The number of carbonyl (C=O) groups is 1. The molecule has 0 saturated heterocycles. The molecule has 5 heteroatoms. The van der Waals surface area contributed by atoms with Crippen LogP contribution in [0.4, 0.5) is 0 Å². The highest BCUT2D eigenvalue weighted by molar-refractivity contribution is 6.18. The van der Waals surface area contributed by atoms with Crippen LogP contribution in [0.2, 0.25) is 0 Å². The van der Waals surface area contributed by atoms with E-state index in [1.54, 1.807) is 30.1 Å². The Morgan fingerprint density at radius 3 is 2.56 bits per heavy atom. The van der Waals surface area contributed by atoms with E-state index in [0.29, 0.717) is 22.9 Å².